The summed E-state index contributed by atoms with van der Waals surface area (Å²) >= 11 is 0. The minimum Gasteiger partial charge on any atom is -0.543 e. The molecule has 2 rings (SSSR count). The molecule has 0 saturated carbocycles. The Labute approximate surface area is 156 Å². The van der Waals surface area contributed by atoms with Crippen LogP contribution in [0, 0.1) is 0 Å². The van der Waals surface area contributed by atoms with Crippen LogP contribution in [0.2, 0.25) is 18.1 Å². The average Bonchev–Trinajstić information content (AvgIpc) is 2.53. The normalized spacial score (nSPS) is 11.9. The molecular formula is C21H26O4Si. The van der Waals surface area contributed by atoms with Crippen molar-refractivity contribution in [3.8, 4) is 11.5 Å². The number of rotatable bonds is 6. The third-order valence-corrected chi connectivity index (χ3v) is 9.19. The minimum atomic E-state index is -2.10. The van der Waals surface area contributed by atoms with E-state index in [2.05, 4.69) is 33.9 Å². The fraction of sp³-hybridized carbons (Fsp3) is 0.333. The van der Waals surface area contributed by atoms with E-state index in [-0.39, 0.29) is 28.8 Å². The minimum absolute atomic E-state index is 0.000540. The Kier molecular flexibility index (Phi) is 5.71. The first-order valence-electron chi connectivity index (χ1n) is 8.65. The van der Waals surface area contributed by atoms with Gasteiger partial charge in [0, 0.05) is 5.56 Å². The standard InChI is InChI=1S/C21H26O4Si/c1-21(2,3)26(4,5)25-20-12-7-6-11-17(20)19(24)14-18(23)15-9-8-10-16(22)13-15/h6-13,22H,14H2,1-5H3. The summed E-state index contributed by atoms with van der Waals surface area (Å²) in [5.74, 6) is -0.0709. The number of Topliss-reactive ketones (excluding diaryl/α,β-unsaturated/α-hetero) is 2. The summed E-state index contributed by atoms with van der Waals surface area (Å²) < 4.78 is 6.29. The van der Waals surface area contributed by atoms with Crippen LogP contribution in [-0.4, -0.2) is 25.0 Å². The second kappa shape index (κ2) is 7.46. The second-order valence-electron chi connectivity index (χ2n) is 7.93. The zero-order valence-corrected chi connectivity index (χ0v) is 17.0. The van der Waals surface area contributed by atoms with Crippen molar-refractivity contribution in [2.75, 3.05) is 0 Å². The van der Waals surface area contributed by atoms with Crippen molar-refractivity contribution in [1.29, 1.82) is 0 Å². The molecule has 0 unspecified atom stereocenters. The summed E-state index contributed by atoms with van der Waals surface area (Å²) in [6, 6.07) is 13.1. The number of benzene rings is 2. The lowest BCUT2D eigenvalue weighted by Crippen LogP contribution is -2.44. The highest BCUT2D eigenvalue weighted by Gasteiger charge is 2.39. The molecule has 0 amide bonds. The van der Waals surface area contributed by atoms with Gasteiger partial charge in [-0.1, -0.05) is 45.0 Å². The van der Waals surface area contributed by atoms with E-state index in [1.54, 1.807) is 30.3 Å². The molecule has 2 aromatic rings. The molecule has 1 N–H and O–H groups in total. The molecule has 0 aliphatic heterocycles. The van der Waals surface area contributed by atoms with Gasteiger partial charge in [0.2, 0.25) is 0 Å². The predicted octanol–water partition coefficient (Wildman–Crippen LogP) is 5.23. The SMILES string of the molecule is CC(C)(C)[Si](C)(C)Oc1ccccc1C(=O)CC(=O)c1cccc(O)c1. The average molecular weight is 371 g/mol. The highest BCUT2D eigenvalue weighted by Crippen LogP contribution is 2.38. The van der Waals surface area contributed by atoms with Crippen molar-refractivity contribution in [2.45, 2.75) is 45.3 Å². The van der Waals surface area contributed by atoms with Crippen LogP contribution in [0.15, 0.2) is 48.5 Å². The summed E-state index contributed by atoms with van der Waals surface area (Å²) in [6.45, 7) is 10.6. The maximum absolute atomic E-state index is 12.7. The Morgan fingerprint density at radius 1 is 1.00 bits per heavy atom. The van der Waals surface area contributed by atoms with E-state index < -0.39 is 8.32 Å². The maximum Gasteiger partial charge on any atom is 0.250 e. The van der Waals surface area contributed by atoms with E-state index in [0.717, 1.165) is 0 Å². The molecule has 0 heterocycles. The smallest absolute Gasteiger partial charge is 0.250 e. The molecule has 0 aliphatic rings. The van der Waals surface area contributed by atoms with E-state index in [9.17, 15) is 14.7 Å². The molecule has 0 saturated heterocycles. The number of phenols is 1. The quantitative estimate of drug-likeness (QED) is 0.429. The summed E-state index contributed by atoms with van der Waals surface area (Å²) in [6.07, 6.45) is -0.263. The number of hydrogen-bond acceptors (Lipinski definition) is 4. The molecule has 26 heavy (non-hydrogen) atoms. The molecule has 0 spiro atoms. The molecule has 0 radical (unpaired) electrons. The molecule has 5 heteroatoms. The zero-order chi connectivity index (χ0) is 19.5. The zero-order valence-electron chi connectivity index (χ0n) is 16.0. The molecule has 0 atom stereocenters. The molecule has 138 valence electrons. The molecule has 4 nitrogen and oxygen atoms in total. The van der Waals surface area contributed by atoms with E-state index in [0.29, 0.717) is 16.9 Å². The number of phenolic OH excluding ortho intramolecular Hbond substituents is 1. The first-order valence-corrected chi connectivity index (χ1v) is 11.6. The van der Waals surface area contributed by atoms with Gasteiger partial charge < -0.3 is 9.53 Å². The fourth-order valence-corrected chi connectivity index (χ4v) is 3.27. The van der Waals surface area contributed by atoms with Crippen LogP contribution in [0.3, 0.4) is 0 Å². The Hall–Kier alpha value is -2.40. The first-order chi connectivity index (χ1) is 12.0. The van der Waals surface area contributed by atoms with Gasteiger partial charge in [0.05, 0.1) is 12.0 Å². The van der Waals surface area contributed by atoms with Gasteiger partial charge in [0.1, 0.15) is 11.5 Å². The van der Waals surface area contributed by atoms with Crippen LogP contribution in [0.1, 0.15) is 47.9 Å². The van der Waals surface area contributed by atoms with Crippen molar-refractivity contribution in [3.63, 3.8) is 0 Å². The van der Waals surface area contributed by atoms with Gasteiger partial charge in [-0.05, 0) is 42.4 Å². The van der Waals surface area contributed by atoms with Crippen LogP contribution in [0.5, 0.6) is 11.5 Å². The van der Waals surface area contributed by atoms with Gasteiger partial charge in [-0.15, -0.1) is 0 Å². The van der Waals surface area contributed by atoms with Crippen LogP contribution >= 0.6 is 0 Å². The van der Waals surface area contributed by atoms with E-state index in [1.165, 1.54) is 12.1 Å². The third kappa shape index (κ3) is 4.61. The lowest BCUT2D eigenvalue weighted by atomic mass is 10.0. The molecule has 0 aromatic heterocycles. The predicted molar refractivity (Wildman–Crippen MR) is 106 cm³/mol. The second-order valence-corrected chi connectivity index (χ2v) is 12.7. The van der Waals surface area contributed by atoms with Crippen LogP contribution in [0.4, 0.5) is 0 Å². The summed E-state index contributed by atoms with van der Waals surface area (Å²) in [5, 5.41) is 9.51. The molecule has 2 aromatic carbocycles. The van der Waals surface area contributed by atoms with Crippen molar-refractivity contribution in [2.24, 2.45) is 0 Å². The van der Waals surface area contributed by atoms with Crippen molar-refractivity contribution >= 4 is 19.9 Å². The number of carbonyl (C=O) groups excluding carboxylic acids is 2. The number of ketones is 2. The Bertz CT molecular complexity index is 819. The summed E-state index contributed by atoms with van der Waals surface area (Å²) in [5.41, 5.74) is 0.743. The van der Waals surface area contributed by atoms with Gasteiger partial charge in [0.15, 0.2) is 11.6 Å². The van der Waals surface area contributed by atoms with E-state index in [1.807, 2.05) is 6.07 Å². The molecule has 0 bridgehead atoms. The Morgan fingerprint density at radius 2 is 1.65 bits per heavy atom. The lowest BCUT2D eigenvalue weighted by Gasteiger charge is -2.36. The largest absolute Gasteiger partial charge is 0.543 e. The van der Waals surface area contributed by atoms with Crippen molar-refractivity contribution < 1.29 is 19.1 Å². The van der Waals surface area contributed by atoms with Gasteiger partial charge in [-0.3, -0.25) is 9.59 Å². The van der Waals surface area contributed by atoms with Gasteiger partial charge in [0.25, 0.3) is 8.32 Å². The van der Waals surface area contributed by atoms with Crippen LogP contribution in [-0.2, 0) is 0 Å². The fourth-order valence-electron chi connectivity index (χ4n) is 2.24. The molecular weight excluding hydrogens is 344 g/mol. The summed E-state index contributed by atoms with van der Waals surface area (Å²) in [4.78, 5) is 25.1. The van der Waals surface area contributed by atoms with Gasteiger partial charge in [-0.2, -0.15) is 0 Å². The number of aromatic hydroxyl groups is 1. The third-order valence-electron chi connectivity index (χ3n) is 4.85. The number of para-hydroxylation sites is 1. The topological polar surface area (TPSA) is 63.6 Å². The number of carbonyl (C=O) groups is 2. The van der Waals surface area contributed by atoms with Crippen molar-refractivity contribution in [3.05, 3.63) is 59.7 Å². The van der Waals surface area contributed by atoms with Crippen LogP contribution < -0.4 is 4.43 Å². The van der Waals surface area contributed by atoms with E-state index in [4.69, 9.17) is 4.43 Å². The van der Waals surface area contributed by atoms with Crippen LogP contribution in [0.25, 0.3) is 0 Å². The number of hydrogen-bond donors (Lipinski definition) is 1. The summed E-state index contributed by atoms with van der Waals surface area (Å²) in [7, 11) is -2.10. The Morgan fingerprint density at radius 3 is 2.27 bits per heavy atom. The molecule has 0 aliphatic carbocycles. The van der Waals surface area contributed by atoms with Gasteiger partial charge in [-0.25, -0.2) is 0 Å². The lowest BCUT2D eigenvalue weighted by molar-refractivity contribution is 0.0893. The highest BCUT2D eigenvalue weighted by atomic mass is 28.4. The van der Waals surface area contributed by atoms with E-state index >= 15 is 0 Å². The monoisotopic (exact) mass is 370 g/mol. The highest BCUT2D eigenvalue weighted by molar-refractivity contribution is 6.74. The maximum atomic E-state index is 12.7. The molecule has 0 fully saturated rings. The van der Waals surface area contributed by atoms with Gasteiger partial charge >= 0.3 is 0 Å². The van der Waals surface area contributed by atoms with Crippen molar-refractivity contribution in [1.82, 2.24) is 0 Å². The first kappa shape index (κ1) is 19.9. The Balaban J connectivity index is 2.24.